The van der Waals surface area contributed by atoms with Crippen LogP contribution in [0.4, 0.5) is 0 Å². The molecule has 0 aromatic carbocycles. The van der Waals surface area contributed by atoms with E-state index < -0.39 is 5.79 Å². The summed E-state index contributed by atoms with van der Waals surface area (Å²) in [5.74, 6) is 3.84. The molecule has 1 N–H and O–H groups in total. The van der Waals surface area contributed by atoms with Gasteiger partial charge < -0.3 is 14.6 Å². The Labute approximate surface area is 159 Å². The number of hydrogen-bond donors (Lipinski definition) is 1. The van der Waals surface area contributed by atoms with Gasteiger partial charge >= 0.3 is 0 Å². The average molecular weight is 363 g/mol. The fourth-order valence-corrected chi connectivity index (χ4v) is 8.38. The number of rotatable bonds is 0. The summed E-state index contributed by atoms with van der Waals surface area (Å²) < 4.78 is 13.0. The molecule has 0 unspecified atom stereocenters. The molecule has 3 aliphatic carbocycles. The van der Waals surface area contributed by atoms with Gasteiger partial charge in [-0.05, 0) is 60.7 Å². The molecular weight excluding hydrogens is 324 g/mol. The maximum Gasteiger partial charge on any atom is 0.171 e. The topological polar surface area (TPSA) is 38.7 Å². The monoisotopic (exact) mass is 362 g/mol. The molecule has 0 radical (unpaired) electrons. The first-order chi connectivity index (χ1) is 12.4. The summed E-state index contributed by atoms with van der Waals surface area (Å²) in [4.78, 5) is 0. The largest absolute Gasteiger partial charge is 0.390 e. The molecule has 0 aromatic rings. The van der Waals surface area contributed by atoms with E-state index in [4.69, 9.17) is 9.47 Å². The molecule has 5 aliphatic rings. The van der Waals surface area contributed by atoms with Crippen molar-refractivity contribution in [1.82, 2.24) is 0 Å². The van der Waals surface area contributed by atoms with Crippen LogP contribution < -0.4 is 0 Å². The van der Waals surface area contributed by atoms with Gasteiger partial charge in [-0.25, -0.2) is 0 Å². The fraction of sp³-hybridized carbons (Fsp3) is 1.00. The Kier molecular flexibility index (Phi) is 4.10. The second-order valence-corrected chi connectivity index (χ2v) is 11.0. The first kappa shape index (κ1) is 17.9. The zero-order valence-corrected chi connectivity index (χ0v) is 17.1. The highest BCUT2D eigenvalue weighted by molar-refractivity contribution is 5.16. The predicted molar refractivity (Wildman–Crippen MR) is 101 cm³/mol. The third-order valence-electron chi connectivity index (χ3n) is 9.70. The van der Waals surface area contributed by atoms with E-state index in [1.54, 1.807) is 0 Å². The van der Waals surface area contributed by atoms with Gasteiger partial charge in [0.25, 0.3) is 0 Å². The fourth-order valence-electron chi connectivity index (χ4n) is 8.38. The highest BCUT2D eigenvalue weighted by Crippen LogP contribution is 2.68. The van der Waals surface area contributed by atoms with Gasteiger partial charge in [0.1, 0.15) is 0 Å². The van der Waals surface area contributed by atoms with Crippen molar-refractivity contribution in [2.24, 2.45) is 46.8 Å². The van der Waals surface area contributed by atoms with Crippen LogP contribution in [0.5, 0.6) is 0 Å². The number of aliphatic hydroxyl groups is 1. The van der Waals surface area contributed by atoms with Crippen LogP contribution in [0.25, 0.3) is 0 Å². The molecule has 3 nitrogen and oxygen atoms in total. The van der Waals surface area contributed by atoms with E-state index in [-0.39, 0.29) is 17.6 Å². The maximum absolute atomic E-state index is 11.5. The molecule has 148 valence electrons. The van der Waals surface area contributed by atoms with Gasteiger partial charge in [-0.15, -0.1) is 0 Å². The molecule has 11 atom stereocenters. The lowest BCUT2D eigenvalue weighted by molar-refractivity contribution is -0.281. The number of hydrogen-bond acceptors (Lipinski definition) is 3. The van der Waals surface area contributed by atoms with Crippen molar-refractivity contribution in [3.8, 4) is 0 Å². The van der Waals surface area contributed by atoms with Crippen LogP contribution in [0, 0.1) is 46.8 Å². The molecule has 0 amide bonds. The van der Waals surface area contributed by atoms with Crippen LogP contribution in [0.15, 0.2) is 0 Å². The van der Waals surface area contributed by atoms with Gasteiger partial charge in [0.05, 0.1) is 18.8 Å². The first-order valence-electron chi connectivity index (χ1n) is 11.4. The van der Waals surface area contributed by atoms with Crippen molar-refractivity contribution in [2.45, 2.75) is 90.6 Å². The summed E-state index contributed by atoms with van der Waals surface area (Å²) in [6, 6.07) is 0. The number of aliphatic hydroxyl groups excluding tert-OH is 1. The normalized spacial score (nSPS) is 62.0. The minimum Gasteiger partial charge on any atom is -0.390 e. The summed E-state index contributed by atoms with van der Waals surface area (Å²) >= 11 is 0. The zero-order chi connectivity index (χ0) is 18.3. The third-order valence-corrected chi connectivity index (χ3v) is 9.70. The van der Waals surface area contributed by atoms with Crippen molar-refractivity contribution >= 4 is 0 Å². The van der Waals surface area contributed by atoms with Crippen LogP contribution >= 0.6 is 0 Å². The highest BCUT2D eigenvalue weighted by atomic mass is 16.7. The number of fused-ring (bicyclic) bond motifs is 5. The summed E-state index contributed by atoms with van der Waals surface area (Å²) in [6.07, 6.45) is 8.54. The van der Waals surface area contributed by atoms with Crippen LogP contribution in [-0.2, 0) is 9.47 Å². The quantitative estimate of drug-likeness (QED) is 0.683. The van der Waals surface area contributed by atoms with Crippen molar-refractivity contribution in [1.29, 1.82) is 0 Å². The summed E-state index contributed by atoms with van der Waals surface area (Å²) in [7, 11) is 0. The SMILES string of the molecule is C[C@@H]1CC[C@@]2(OC1)O[C@@H]1[C@H](O)[C@@H]3[C@H]4CCC[C@H](C)[C@@H]4CC[C@@]3(C)[C@@H]1[C@@H]2C. The van der Waals surface area contributed by atoms with E-state index >= 15 is 0 Å². The number of ether oxygens (including phenoxy) is 2. The predicted octanol–water partition coefficient (Wildman–Crippen LogP) is 4.62. The average Bonchev–Trinajstić information content (AvgIpc) is 3.02. The molecule has 5 rings (SSSR count). The van der Waals surface area contributed by atoms with Crippen LogP contribution in [-0.4, -0.2) is 29.7 Å². The molecule has 2 aliphatic heterocycles. The van der Waals surface area contributed by atoms with Crippen LogP contribution in [0.2, 0.25) is 0 Å². The Balaban J connectivity index is 1.46. The van der Waals surface area contributed by atoms with Crippen LogP contribution in [0.3, 0.4) is 0 Å². The van der Waals surface area contributed by atoms with Gasteiger partial charge in [0.2, 0.25) is 0 Å². The smallest absolute Gasteiger partial charge is 0.171 e. The van der Waals surface area contributed by atoms with Gasteiger partial charge in [-0.3, -0.25) is 0 Å². The van der Waals surface area contributed by atoms with Gasteiger partial charge in [0.15, 0.2) is 5.79 Å². The van der Waals surface area contributed by atoms with E-state index in [1.165, 1.54) is 38.5 Å². The summed E-state index contributed by atoms with van der Waals surface area (Å²) in [5.41, 5.74) is 0.220. The Morgan fingerprint density at radius 3 is 2.46 bits per heavy atom. The molecular formula is C23H38O3. The van der Waals surface area contributed by atoms with Crippen molar-refractivity contribution in [3.05, 3.63) is 0 Å². The van der Waals surface area contributed by atoms with E-state index in [0.29, 0.717) is 29.6 Å². The second-order valence-electron chi connectivity index (χ2n) is 11.0. The second kappa shape index (κ2) is 5.94. The summed E-state index contributed by atoms with van der Waals surface area (Å²) in [5, 5.41) is 11.5. The lowest BCUT2D eigenvalue weighted by atomic mass is 9.51. The zero-order valence-electron chi connectivity index (χ0n) is 17.1. The molecule has 1 spiro atoms. The Hall–Kier alpha value is -0.120. The Morgan fingerprint density at radius 2 is 1.73 bits per heavy atom. The Morgan fingerprint density at radius 1 is 0.923 bits per heavy atom. The molecule has 0 aromatic heterocycles. The van der Waals surface area contributed by atoms with Crippen molar-refractivity contribution in [3.63, 3.8) is 0 Å². The molecule has 2 saturated heterocycles. The first-order valence-corrected chi connectivity index (χ1v) is 11.4. The lowest BCUT2D eigenvalue weighted by Gasteiger charge is -2.54. The van der Waals surface area contributed by atoms with Gasteiger partial charge in [0, 0.05) is 18.3 Å². The minimum atomic E-state index is -0.423. The van der Waals surface area contributed by atoms with Gasteiger partial charge in [-0.1, -0.05) is 40.5 Å². The molecule has 2 heterocycles. The van der Waals surface area contributed by atoms with Gasteiger partial charge in [-0.2, -0.15) is 0 Å². The molecule has 0 bridgehead atoms. The summed E-state index contributed by atoms with van der Waals surface area (Å²) in [6.45, 7) is 10.4. The lowest BCUT2D eigenvalue weighted by Crippen LogP contribution is -2.52. The molecule has 3 saturated carbocycles. The maximum atomic E-state index is 11.5. The van der Waals surface area contributed by atoms with E-state index in [0.717, 1.165) is 24.9 Å². The van der Waals surface area contributed by atoms with Crippen molar-refractivity contribution in [2.75, 3.05) is 6.61 Å². The minimum absolute atomic E-state index is 0.00983. The van der Waals surface area contributed by atoms with E-state index in [2.05, 4.69) is 27.7 Å². The Bertz CT molecular complexity index is 554. The standard InChI is InChI=1S/C23H38O3/c1-13-8-11-23(25-12-13)15(3)18-21(26-23)20(24)19-17-7-5-6-14(2)16(17)9-10-22(18,19)4/h13-21,24H,5-12H2,1-4H3/t13-,14+,15+,16+,17+,18-,19+,20-,21+,22+,23-/m1/s1. The third kappa shape index (κ3) is 2.23. The molecule has 26 heavy (non-hydrogen) atoms. The highest BCUT2D eigenvalue weighted by Gasteiger charge is 2.71. The van der Waals surface area contributed by atoms with E-state index in [1.807, 2.05) is 0 Å². The van der Waals surface area contributed by atoms with Crippen molar-refractivity contribution < 1.29 is 14.6 Å². The van der Waals surface area contributed by atoms with E-state index in [9.17, 15) is 5.11 Å². The van der Waals surface area contributed by atoms with Crippen LogP contribution in [0.1, 0.15) is 72.6 Å². The molecule has 5 fully saturated rings. The molecule has 3 heteroatoms.